The minimum Gasteiger partial charge on any atom is -0.324 e. The monoisotopic (exact) mass is 492 g/mol. The molecular weight excluding hydrogens is 464 g/mol. The predicted molar refractivity (Wildman–Crippen MR) is 138 cm³/mol. The molecule has 35 heavy (non-hydrogen) atoms. The first-order valence-corrected chi connectivity index (χ1v) is 12.7. The van der Waals surface area contributed by atoms with Gasteiger partial charge in [0.15, 0.2) is 0 Å². The average molecular weight is 493 g/mol. The lowest BCUT2D eigenvalue weighted by Gasteiger charge is -2.26. The van der Waals surface area contributed by atoms with Crippen LogP contribution in [-0.4, -0.2) is 30.0 Å². The Bertz CT molecular complexity index is 1570. The minimum atomic E-state index is -4.01. The molecule has 0 radical (unpaired) electrons. The van der Waals surface area contributed by atoms with Gasteiger partial charge in [0.05, 0.1) is 21.6 Å². The van der Waals surface area contributed by atoms with Gasteiger partial charge in [0, 0.05) is 19.8 Å². The lowest BCUT2D eigenvalue weighted by molar-refractivity contribution is -0.114. The topological polar surface area (TPSA) is 93.4 Å². The molecule has 1 aromatic heterocycles. The Kier molecular flexibility index (Phi) is 6.53. The first kappa shape index (κ1) is 24.3. The number of nitrogens with one attached hydrogen (secondary N) is 1. The van der Waals surface area contributed by atoms with Crippen LogP contribution in [0.15, 0.2) is 76.4 Å². The van der Waals surface area contributed by atoms with Crippen LogP contribution in [0.1, 0.15) is 18.1 Å². The third-order valence-electron chi connectivity index (χ3n) is 6.09. The number of aromatic nitrogens is 2. The largest absolute Gasteiger partial charge is 0.328 e. The van der Waals surface area contributed by atoms with E-state index < -0.39 is 22.5 Å². The van der Waals surface area contributed by atoms with Gasteiger partial charge in [-0.2, -0.15) is 0 Å². The van der Waals surface area contributed by atoms with Crippen molar-refractivity contribution in [1.82, 2.24) is 9.13 Å². The van der Waals surface area contributed by atoms with Crippen LogP contribution in [0.4, 0.5) is 11.4 Å². The van der Waals surface area contributed by atoms with Gasteiger partial charge in [-0.1, -0.05) is 42.8 Å². The average Bonchev–Trinajstić information content (AvgIpc) is 3.06. The van der Waals surface area contributed by atoms with E-state index in [0.29, 0.717) is 23.3 Å². The van der Waals surface area contributed by atoms with E-state index in [1.54, 1.807) is 68.7 Å². The highest BCUT2D eigenvalue weighted by atomic mass is 32.2. The Balaban J connectivity index is 1.70. The molecule has 1 heterocycles. The fourth-order valence-electron chi connectivity index (χ4n) is 4.11. The summed E-state index contributed by atoms with van der Waals surface area (Å²) in [6, 6.07) is 18.9. The molecule has 182 valence electrons. The Labute approximate surface area is 204 Å². The molecule has 8 nitrogen and oxygen atoms in total. The molecule has 4 aromatic rings. The van der Waals surface area contributed by atoms with Gasteiger partial charge in [0.2, 0.25) is 5.91 Å². The molecule has 0 aliphatic heterocycles. The van der Waals surface area contributed by atoms with Crippen LogP contribution in [0.2, 0.25) is 0 Å². The van der Waals surface area contributed by atoms with Crippen LogP contribution < -0.4 is 15.3 Å². The summed E-state index contributed by atoms with van der Waals surface area (Å²) in [7, 11) is -0.668. The number of sulfonamides is 1. The third kappa shape index (κ3) is 4.59. The normalized spacial score (nSPS) is 11.5. The van der Waals surface area contributed by atoms with Gasteiger partial charge in [0.1, 0.15) is 6.54 Å². The van der Waals surface area contributed by atoms with Crippen molar-refractivity contribution in [2.24, 2.45) is 14.1 Å². The van der Waals surface area contributed by atoms with Crippen molar-refractivity contribution < 1.29 is 13.2 Å². The Morgan fingerprint density at radius 2 is 1.60 bits per heavy atom. The first-order valence-electron chi connectivity index (χ1n) is 11.3. The van der Waals surface area contributed by atoms with Crippen LogP contribution in [0.25, 0.3) is 11.0 Å². The molecule has 0 bridgehead atoms. The van der Waals surface area contributed by atoms with E-state index in [1.165, 1.54) is 9.13 Å². The number of carbonyl (C=O) groups is 1. The second-order valence-corrected chi connectivity index (χ2v) is 10.3. The Hall–Kier alpha value is -3.85. The number of benzene rings is 3. The van der Waals surface area contributed by atoms with Crippen LogP contribution in [-0.2, 0) is 35.3 Å². The SMILES string of the molecule is CCc1ccccc1N(CC(=O)Nc1ccc2c(c1)n(C)c(=O)n2C)S(=O)(=O)c1ccc(C)cc1. The number of aryl methyl sites for hydroxylation is 4. The van der Waals surface area contributed by atoms with E-state index in [4.69, 9.17) is 0 Å². The van der Waals surface area contributed by atoms with Gasteiger partial charge in [-0.3, -0.25) is 18.2 Å². The summed E-state index contributed by atoms with van der Waals surface area (Å²) in [5, 5.41) is 2.79. The number of rotatable bonds is 7. The highest BCUT2D eigenvalue weighted by molar-refractivity contribution is 7.92. The molecule has 0 spiro atoms. The van der Waals surface area contributed by atoms with Crippen molar-refractivity contribution in [3.63, 3.8) is 0 Å². The zero-order valence-corrected chi connectivity index (χ0v) is 21.0. The van der Waals surface area contributed by atoms with Gasteiger partial charge in [-0.05, 0) is 55.3 Å². The minimum absolute atomic E-state index is 0.113. The molecule has 1 amide bonds. The first-order chi connectivity index (χ1) is 16.6. The van der Waals surface area contributed by atoms with Crippen molar-refractivity contribution in [3.8, 4) is 0 Å². The van der Waals surface area contributed by atoms with Gasteiger partial charge < -0.3 is 5.32 Å². The lowest BCUT2D eigenvalue weighted by atomic mass is 10.1. The Morgan fingerprint density at radius 3 is 2.29 bits per heavy atom. The van der Waals surface area contributed by atoms with Gasteiger partial charge in [-0.15, -0.1) is 0 Å². The molecule has 0 aliphatic rings. The molecule has 0 atom stereocenters. The summed E-state index contributed by atoms with van der Waals surface area (Å²) in [6.45, 7) is 3.42. The summed E-state index contributed by atoms with van der Waals surface area (Å²) >= 11 is 0. The molecular formula is C26H28N4O4S. The van der Waals surface area contributed by atoms with E-state index in [0.717, 1.165) is 20.9 Å². The van der Waals surface area contributed by atoms with Crippen molar-refractivity contribution >= 4 is 38.3 Å². The summed E-state index contributed by atoms with van der Waals surface area (Å²) in [4.78, 5) is 25.5. The summed E-state index contributed by atoms with van der Waals surface area (Å²) in [5.41, 5.74) is 3.91. The van der Waals surface area contributed by atoms with Crippen LogP contribution in [0, 0.1) is 6.92 Å². The molecule has 0 unspecified atom stereocenters. The summed E-state index contributed by atoms with van der Waals surface area (Å²) < 4.78 is 31.5. The number of fused-ring (bicyclic) bond motifs is 1. The smallest absolute Gasteiger partial charge is 0.324 e. The van der Waals surface area contributed by atoms with Crippen LogP contribution >= 0.6 is 0 Å². The fourth-order valence-corrected chi connectivity index (χ4v) is 5.56. The Morgan fingerprint density at radius 1 is 0.943 bits per heavy atom. The van der Waals surface area contributed by atoms with E-state index in [9.17, 15) is 18.0 Å². The third-order valence-corrected chi connectivity index (χ3v) is 7.87. The van der Waals surface area contributed by atoms with E-state index in [-0.39, 0.29) is 10.6 Å². The fraction of sp³-hybridized carbons (Fsp3) is 0.231. The molecule has 0 saturated carbocycles. The number of anilines is 2. The maximum Gasteiger partial charge on any atom is 0.328 e. The molecule has 9 heteroatoms. The number of para-hydroxylation sites is 1. The van der Waals surface area contributed by atoms with Crippen LogP contribution in [0.5, 0.6) is 0 Å². The summed E-state index contributed by atoms with van der Waals surface area (Å²) in [5.74, 6) is -0.494. The van der Waals surface area contributed by atoms with E-state index in [1.807, 2.05) is 26.0 Å². The molecule has 0 fully saturated rings. The van der Waals surface area contributed by atoms with Crippen molar-refractivity contribution in [1.29, 1.82) is 0 Å². The van der Waals surface area contributed by atoms with Gasteiger partial charge in [-0.25, -0.2) is 13.2 Å². The number of nitrogens with zero attached hydrogens (tertiary/aromatic N) is 3. The van der Waals surface area contributed by atoms with E-state index >= 15 is 0 Å². The maximum atomic E-state index is 13.7. The van der Waals surface area contributed by atoms with Crippen molar-refractivity contribution in [2.75, 3.05) is 16.2 Å². The molecule has 0 saturated heterocycles. The number of hydrogen-bond acceptors (Lipinski definition) is 4. The highest BCUT2D eigenvalue weighted by Gasteiger charge is 2.28. The molecule has 0 aliphatic carbocycles. The number of imidazole rings is 1. The molecule has 4 rings (SSSR count). The number of hydrogen-bond donors (Lipinski definition) is 1. The number of amides is 1. The predicted octanol–water partition coefficient (Wildman–Crippen LogP) is 3.58. The van der Waals surface area contributed by atoms with Gasteiger partial charge in [0.25, 0.3) is 10.0 Å². The van der Waals surface area contributed by atoms with Crippen LogP contribution in [0.3, 0.4) is 0 Å². The van der Waals surface area contributed by atoms with E-state index in [2.05, 4.69) is 5.32 Å². The standard InChI is InChI=1S/C26H28N4O4S/c1-5-19-8-6-7-9-22(19)30(35(33,34)21-13-10-18(2)11-14-21)17-25(31)27-20-12-15-23-24(16-20)29(4)26(32)28(23)3/h6-16H,5,17H2,1-4H3,(H,27,31). The van der Waals surface area contributed by atoms with Crippen molar-refractivity contribution in [3.05, 3.63) is 88.3 Å². The summed E-state index contributed by atoms with van der Waals surface area (Å²) in [6.07, 6.45) is 0.608. The highest BCUT2D eigenvalue weighted by Crippen LogP contribution is 2.28. The second-order valence-electron chi connectivity index (χ2n) is 8.46. The lowest BCUT2D eigenvalue weighted by Crippen LogP contribution is -2.38. The van der Waals surface area contributed by atoms with Crippen molar-refractivity contribution in [2.45, 2.75) is 25.2 Å². The zero-order valence-electron chi connectivity index (χ0n) is 20.1. The number of carbonyl (C=O) groups excluding carboxylic acids is 1. The quantitative estimate of drug-likeness (QED) is 0.427. The molecule has 1 N–H and O–H groups in total. The zero-order chi connectivity index (χ0) is 25.3. The molecule has 3 aromatic carbocycles. The maximum absolute atomic E-state index is 13.7. The second kappa shape index (κ2) is 9.42. The van der Waals surface area contributed by atoms with Gasteiger partial charge >= 0.3 is 5.69 Å².